The molecule has 2 aliphatic carbocycles. The van der Waals surface area contributed by atoms with E-state index < -0.39 is 5.41 Å². The highest BCUT2D eigenvalue weighted by Crippen LogP contribution is 2.45. The summed E-state index contributed by atoms with van der Waals surface area (Å²) in [5, 5.41) is 9.21. The third-order valence-corrected chi connectivity index (χ3v) is 7.56. The van der Waals surface area contributed by atoms with Gasteiger partial charge >= 0.3 is 0 Å². The molecular formula is C26H36N4O5. The van der Waals surface area contributed by atoms with E-state index in [0.29, 0.717) is 37.7 Å². The van der Waals surface area contributed by atoms with Crippen LogP contribution >= 0.6 is 0 Å². The van der Waals surface area contributed by atoms with Gasteiger partial charge in [-0.05, 0) is 64.6 Å². The Morgan fingerprint density at radius 1 is 1.26 bits per heavy atom. The lowest BCUT2D eigenvalue weighted by Gasteiger charge is -2.38. The van der Waals surface area contributed by atoms with E-state index in [9.17, 15) is 14.7 Å². The molecule has 0 aromatic carbocycles. The number of ketones is 2. The Bertz CT molecular complexity index is 1010. The number of likely N-dealkylation sites (N-methyl/N-ethyl adjacent to an activating group) is 1. The van der Waals surface area contributed by atoms with Gasteiger partial charge in [0.25, 0.3) is 0 Å². The van der Waals surface area contributed by atoms with Crippen molar-refractivity contribution in [2.75, 3.05) is 26.8 Å². The highest BCUT2D eigenvalue weighted by atomic mass is 16.5. The van der Waals surface area contributed by atoms with Gasteiger partial charge < -0.3 is 20.3 Å². The molecule has 0 bridgehead atoms. The number of nitrogens with two attached hydrogens (primary N) is 1. The van der Waals surface area contributed by atoms with Gasteiger partial charge in [0, 0.05) is 12.0 Å². The minimum absolute atomic E-state index is 0.0261. The molecule has 4 rings (SSSR count). The number of nitrogens with zero attached hydrogens (tertiary/aromatic N) is 3. The van der Waals surface area contributed by atoms with Crippen molar-refractivity contribution >= 4 is 17.3 Å². The van der Waals surface area contributed by atoms with Gasteiger partial charge in [0.2, 0.25) is 11.8 Å². The standard InChI is InChI=1S/C26H36N4O5/c1-3-19(18-9-7-13-30(18)2)35-22-16-21(34-15-14-31)28-25(29-22)23(27)17-8-6-12-26(24(17)33)11-5-4-10-20(26)32/h3,16,18-19,31H,1,4-15,27H2,2H3/b23-17-/t18-,19-,26+/m0/s1. The van der Waals surface area contributed by atoms with E-state index >= 15 is 0 Å². The lowest BCUT2D eigenvalue weighted by atomic mass is 9.62. The molecule has 1 aromatic heterocycles. The van der Waals surface area contributed by atoms with E-state index in [1.807, 2.05) is 0 Å². The Balaban J connectivity index is 1.68. The first-order valence-corrected chi connectivity index (χ1v) is 12.6. The maximum Gasteiger partial charge on any atom is 0.221 e. The van der Waals surface area contributed by atoms with Gasteiger partial charge in [0.05, 0.1) is 29.8 Å². The minimum Gasteiger partial charge on any atom is -0.475 e. The van der Waals surface area contributed by atoms with Gasteiger partial charge in [-0.3, -0.25) is 14.5 Å². The summed E-state index contributed by atoms with van der Waals surface area (Å²) in [5.74, 6) is 0.412. The Hall–Kier alpha value is -2.78. The number of hydrogen-bond donors (Lipinski definition) is 2. The van der Waals surface area contributed by atoms with Crippen LogP contribution in [0.4, 0.5) is 0 Å². The molecule has 1 spiro atoms. The number of rotatable bonds is 8. The van der Waals surface area contributed by atoms with Crippen LogP contribution in [-0.4, -0.2) is 70.5 Å². The second kappa shape index (κ2) is 10.9. The molecule has 0 amide bonds. The molecule has 2 saturated carbocycles. The summed E-state index contributed by atoms with van der Waals surface area (Å²) in [6.45, 7) is 4.78. The molecule has 1 saturated heterocycles. The zero-order chi connectivity index (χ0) is 25.0. The van der Waals surface area contributed by atoms with Crippen LogP contribution in [0.5, 0.6) is 11.8 Å². The Morgan fingerprint density at radius 3 is 2.71 bits per heavy atom. The van der Waals surface area contributed by atoms with Crippen LogP contribution in [0.15, 0.2) is 24.3 Å². The third kappa shape index (κ3) is 5.11. The highest BCUT2D eigenvalue weighted by molar-refractivity contribution is 6.17. The van der Waals surface area contributed by atoms with E-state index in [2.05, 4.69) is 28.5 Å². The molecule has 0 unspecified atom stereocenters. The predicted octanol–water partition coefficient (Wildman–Crippen LogP) is 2.43. The van der Waals surface area contributed by atoms with Gasteiger partial charge in [0.15, 0.2) is 11.6 Å². The van der Waals surface area contributed by atoms with Gasteiger partial charge in [-0.2, -0.15) is 9.97 Å². The third-order valence-electron chi connectivity index (χ3n) is 7.56. The number of aromatic nitrogens is 2. The SMILES string of the molecule is C=C[C@H](Oc1cc(OCCO)nc(/C(N)=C2\CCC[C@@]3(CCCCC3=O)C2=O)n1)[C@@H]1CCCN1C. The van der Waals surface area contributed by atoms with Crippen LogP contribution in [0.1, 0.15) is 63.6 Å². The number of aliphatic hydroxyl groups excluding tert-OH is 1. The van der Waals surface area contributed by atoms with E-state index in [4.69, 9.17) is 15.2 Å². The van der Waals surface area contributed by atoms with Crippen molar-refractivity contribution in [1.29, 1.82) is 0 Å². The van der Waals surface area contributed by atoms with Crippen molar-refractivity contribution in [3.63, 3.8) is 0 Å². The summed E-state index contributed by atoms with van der Waals surface area (Å²) < 4.78 is 11.8. The van der Waals surface area contributed by atoms with Crippen molar-refractivity contribution in [3.8, 4) is 11.8 Å². The fourth-order valence-corrected chi connectivity index (χ4v) is 5.65. The van der Waals surface area contributed by atoms with Crippen LogP contribution in [0.2, 0.25) is 0 Å². The van der Waals surface area contributed by atoms with E-state index in [0.717, 1.165) is 32.2 Å². The van der Waals surface area contributed by atoms with Crippen molar-refractivity contribution in [3.05, 3.63) is 30.1 Å². The van der Waals surface area contributed by atoms with Gasteiger partial charge in [-0.1, -0.05) is 13.0 Å². The van der Waals surface area contributed by atoms with Crippen molar-refractivity contribution in [2.24, 2.45) is 11.1 Å². The number of ether oxygens (including phenoxy) is 2. The van der Waals surface area contributed by atoms with Crippen LogP contribution in [0, 0.1) is 5.41 Å². The molecule has 9 nitrogen and oxygen atoms in total. The lowest BCUT2D eigenvalue weighted by Crippen LogP contribution is -2.45. The maximum absolute atomic E-state index is 13.6. The number of hydrogen-bond acceptors (Lipinski definition) is 9. The van der Waals surface area contributed by atoms with Crippen LogP contribution < -0.4 is 15.2 Å². The summed E-state index contributed by atoms with van der Waals surface area (Å²) in [7, 11) is 2.05. The zero-order valence-corrected chi connectivity index (χ0v) is 20.5. The first-order chi connectivity index (χ1) is 16.9. The number of carbonyl (C=O) groups is 2. The molecule has 190 valence electrons. The topological polar surface area (TPSA) is 128 Å². The normalized spacial score (nSPS) is 27.7. The predicted molar refractivity (Wildman–Crippen MR) is 131 cm³/mol. The van der Waals surface area contributed by atoms with Gasteiger partial charge in [-0.15, -0.1) is 0 Å². The summed E-state index contributed by atoms with van der Waals surface area (Å²) in [6, 6.07) is 1.72. The van der Waals surface area contributed by atoms with Crippen LogP contribution in [-0.2, 0) is 9.59 Å². The molecule has 1 aromatic rings. The van der Waals surface area contributed by atoms with Crippen LogP contribution in [0.3, 0.4) is 0 Å². The number of carbonyl (C=O) groups excluding carboxylic acids is 2. The number of Topliss-reactive ketones (excluding diaryl/α,β-unsaturated/α-hetero) is 2. The summed E-state index contributed by atoms with van der Waals surface area (Å²) in [5.41, 5.74) is 6.11. The van der Waals surface area contributed by atoms with Crippen molar-refractivity contribution in [1.82, 2.24) is 14.9 Å². The molecule has 3 aliphatic rings. The monoisotopic (exact) mass is 484 g/mol. The number of aliphatic hydroxyl groups is 1. The lowest BCUT2D eigenvalue weighted by molar-refractivity contribution is -0.143. The molecule has 3 N–H and O–H groups in total. The van der Waals surface area contributed by atoms with E-state index in [-0.39, 0.29) is 60.2 Å². The Morgan fingerprint density at radius 2 is 2.03 bits per heavy atom. The average molecular weight is 485 g/mol. The minimum atomic E-state index is -0.957. The van der Waals surface area contributed by atoms with Gasteiger partial charge in [0.1, 0.15) is 18.5 Å². The molecular weight excluding hydrogens is 448 g/mol. The first kappa shape index (κ1) is 25.3. The quantitative estimate of drug-likeness (QED) is 0.325. The van der Waals surface area contributed by atoms with E-state index in [1.165, 1.54) is 0 Å². The molecule has 3 fully saturated rings. The fraction of sp³-hybridized carbons (Fsp3) is 0.615. The average Bonchev–Trinajstić information content (AvgIpc) is 3.29. The Kier molecular flexibility index (Phi) is 7.86. The molecule has 3 atom stereocenters. The molecule has 9 heteroatoms. The van der Waals surface area contributed by atoms with Crippen LogP contribution in [0.25, 0.3) is 5.70 Å². The molecule has 0 radical (unpaired) electrons. The molecule has 2 heterocycles. The smallest absolute Gasteiger partial charge is 0.221 e. The number of likely N-dealkylation sites (tertiary alicyclic amines) is 1. The second-order valence-electron chi connectivity index (χ2n) is 9.74. The number of allylic oxidation sites excluding steroid dienone is 1. The van der Waals surface area contributed by atoms with E-state index in [1.54, 1.807) is 12.1 Å². The largest absolute Gasteiger partial charge is 0.475 e. The fourth-order valence-electron chi connectivity index (χ4n) is 5.65. The second-order valence-corrected chi connectivity index (χ2v) is 9.74. The highest BCUT2D eigenvalue weighted by Gasteiger charge is 2.49. The van der Waals surface area contributed by atoms with Gasteiger partial charge in [-0.25, -0.2) is 0 Å². The first-order valence-electron chi connectivity index (χ1n) is 12.6. The summed E-state index contributed by atoms with van der Waals surface area (Å²) in [4.78, 5) is 37.6. The van der Waals surface area contributed by atoms with Crippen molar-refractivity contribution < 1.29 is 24.2 Å². The zero-order valence-electron chi connectivity index (χ0n) is 20.5. The molecule has 35 heavy (non-hydrogen) atoms. The Labute approximate surface area is 206 Å². The van der Waals surface area contributed by atoms with Crippen molar-refractivity contribution in [2.45, 2.75) is 69.9 Å². The summed E-state index contributed by atoms with van der Waals surface area (Å²) in [6.07, 6.45) is 7.99. The summed E-state index contributed by atoms with van der Waals surface area (Å²) >= 11 is 0. The molecule has 1 aliphatic heterocycles. The maximum atomic E-state index is 13.6.